The highest BCUT2D eigenvalue weighted by Crippen LogP contribution is 2.43. The zero-order chi connectivity index (χ0) is 35.4. The Bertz CT molecular complexity index is 851. The lowest BCUT2D eigenvalue weighted by Crippen LogP contribution is -2.29. The third-order valence-corrected chi connectivity index (χ3v) is 9.03. The maximum atomic E-state index is 12.5. The highest BCUT2D eigenvalue weighted by molar-refractivity contribution is 7.47. The van der Waals surface area contributed by atoms with Crippen LogP contribution in [0.1, 0.15) is 168 Å². The fourth-order valence-corrected chi connectivity index (χ4v) is 5.81. The van der Waals surface area contributed by atoms with E-state index in [-0.39, 0.29) is 32.0 Å². The van der Waals surface area contributed by atoms with Gasteiger partial charge in [-0.15, -0.1) is 0 Å². The maximum Gasteiger partial charge on any atom is 0.472 e. The molecule has 282 valence electrons. The van der Waals surface area contributed by atoms with Crippen LogP contribution in [0.3, 0.4) is 0 Å². The van der Waals surface area contributed by atoms with Crippen molar-refractivity contribution in [2.24, 2.45) is 0 Å². The molecule has 48 heavy (non-hydrogen) atoms. The second kappa shape index (κ2) is 35.3. The minimum atomic E-state index is -4.34. The molecule has 9 nitrogen and oxygen atoms in total. The quantitative estimate of drug-likeness (QED) is 0.0284. The van der Waals surface area contributed by atoms with Crippen molar-refractivity contribution >= 4 is 19.8 Å². The predicted molar refractivity (Wildman–Crippen MR) is 197 cm³/mol. The molecule has 0 saturated heterocycles. The van der Waals surface area contributed by atoms with Crippen molar-refractivity contribution < 1.29 is 37.6 Å². The van der Waals surface area contributed by atoms with E-state index in [9.17, 15) is 19.0 Å². The van der Waals surface area contributed by atoms with E-state index in [2.05, 4.69) is 43.5 Å². The topological polar surface area (TPSA) is 120 Å². The average Bonchev–Trinajstić information content (AvgIpc) is 3.06. The number of hydrogen-bond donors (Lipinski definition) is 2. The number of nitrogens with one attached hydrogen (secondary N) is 1. The van der Waals surface area contributed by atoms with Gasteiger partial charge in [-0.1, -0.05) is 122 Å². The van der Waals surface area contributed by atoms with Gasteiger partial charge in [0.25, 0.3) is 0 Å². The van der Waals surface area contributed by atoms with Gasteiger partial charge in [0.2, 0.25) is 0 Å². The second-order valence-electron chi connectivity index (χ2n) is 12.8. The highest BCUT2D eigenvalue weighted by atomic mass is 31.2. The fraction of sp³-hybridized carbons (Fsp3) is 0.842. The minimum Gasteiger partial charge on any atom is -0.462 e. The van der Waals surface area contributed by atoms with Gasteiger partial charge in [0.1, 0.15) is 6.61 Å². The average molecular weight is 702 g/mol. The first-order chi connectivity index (χ1) is 23.3. The number of carbonyl (C=O) groups excluding carboxylic acids is 2. The first-order valence-electron chi connectivity index (χ1n) is 19.3. The van der Waals surface area contributed by atoms with Crippen LogP contribution >= 0.6 is 7.82 Å². The third kappa shape index (κ3) is 34.4. The van der Waals surface area contributed by atoms with Crippen LogP contribution in [0.5, 0.6) is 0 Å². The normalized spacial score (nSPS) is 13.7. The molecule has 0 spiro atoms. The van der Waals surface area contributed by atoms with Crippen LogP contribution in [0.4, 0.5) is 0 Å². The summed E-state index contributed by atoms with van der Waals surface area (Å²) < 4.78 is 33.0. The van der Waals surface area contributed by atoms with Gasteiger partial charge < -0.3 is 19.7 Å². The summed E-state index contributed by atoms with van der Waals surface area (Å²) in [4.78, 5) is 34.8. The zero-order valence-electron chi connectivity index (χ0n) is 30.9. The molecule has 0 fully saturated rings. The maximum absolute atomic E-state index is 12.5. The van der Waals surface area contributed by atoms with Crippen LogP contribution < -0.4 is 5.32 Å². The number of hydrogen-bond acceptors (Lipinski definition) is 8. The van der Waals surface area contributed by atoms with E-state index < -0.39 is 26.5 Å². The molecular formula is C38H72NO8P. The molecule has 0 bridgehead atoms. The van der Waals surface area contributed by atoms with Crippen LogP contribution in [-0.2, 0) is 32.7 Å². The monoisotopic (exact) mass is 701 g/mol. The van der Waals surface area contributed by atoms with Gasteiger partial charge in [-0.05, 0) is 64.8 Å². The van der Waals surface area contributed by atoms with E-state index in [1.165, 1.54) is 57.8 Å². The highest BCUT2D eigenvalue weighted by Gasteiger charge is 2.26. The van der Waals surface area contributed by atoms with Gasteiger partial charge in [-0.2, -0.15) is 0 Å². The number of phosphoric ester groups is 1. The summed E-state index contributed by atoms with van der Waals surface area (Å²) in [6, 6.07) is 0. The van der Waals surface area contributed by atoms with Gasteiger partial charge >= 0.3 is 19.8 Å². The fourth-order valence-electron chi connectivity index (χ4n) is 5.06. The molecule has 0 aromatic heterocycles. The Balaban J connectivity index is 4.29. The number of rotatable bonds is 36. The van der Waals surface area contributed by atoms with E-state index in [1.807, 2.05) is 0 Å². The van der Waals surface area contributed by atoms with Crippen molar-refractivity contribution in [3.05, 3.63) is 24.3 Å². The lowest BCUT2D eigenvalue weighted by atomic mass is 10.1. The standard InChI is InChI=1S/C38H72NO8P/c1-4-6-8-10-12-14-16-17-18-19-21-22-24-26-28-30-37(40)44-34-36(35-46-48(42,43)45-33-32-39-3)47-38(41)31-29-27-25-23-20-15-13-11-9-7-5-2/h11,13,17-18,36,39H,4-10,12,14-16,19-35H2,1-3H3,(H,42,43)/b13-11-,18-17-. The zero-order valence-corrected chi connectivity index (χ0v) is 31.8. The van der Waals surface area contributed by atoms with Crippen molar-refractivity contribution in [1.29, 1.82) is 0 Å². The molecule has 0 aromatic carbocycles. The summed E-state index contributed by atoms with van der Waals surface area (Å²) in [6.07, 6.45) is 33.6. The molecule has 0 radical (unpaired) electrons. The minimum absolute atomic E-state index is 0.0190. The summed E-state index contributed by atoms with van der Waals surface area (Å²) in [5, 5.41) is 2.81. The summed E-state index contributed by atoms with van der Waals surface area (Å²) in [7, 11) is -2.65. The van der Waals surface area contributed by atoms with Crippen molar-refractivity contribution in [1.82, 2.24) is 5.32 Å². The van der Waals surface area contributed by atoms with E-state index in [0.717, 1.165) is 77.0 Å². The molecule has 0 aliphatic rings. The molecule has 0 saturated carbocycles. The van der Waals surface area contributed by atoms with Crippen molar-refractivity contribution in [3.8, 4) is 0 Å². The Labute approximate surface area is 294 Å². The van der Waals surface area contributed by atoms with E-state index in [0.29, 0.717) is 13.0 Å². The Morgan fingerprint density at radius 1 is 0.625 bits per heavy atom. The largest absolute Gasteiger partial charge is 0.472 e. The van der Waals surface area contributed by atoms with Gasteiger partial charge in [0.15, 0.2) is 6.10 Å². The van der Waals surface area contributed by atoms with Crippen LogP contribution in [0.15, 0.2) is 24.3 Å². The van der Waals surface area contributed by atoms with Crippen molar-refractivity contribution in [3.63, 3.8) is 0 Å². The number of carbonyl (C=O) groups is 2. The summed E-state index contributed by atoms with van der Waals surface area (Å²) >= 11 is 0. The third-order valence-electron chi connectivity index (χ3n) is 8.04. The molecule has 0 aromatic rings. The van der Waals surface area contributed by atoms with E-state index in [4.69, 9.17) is 18.5 Å². The van der Waals surface area contributed by atoms with Gasteiger partial charge in [0, 0.05) is 19.4 Å². The number of allylic oxidation sites excluding steroid dienone is 4. The van der Waals surface area contributed by atoms with Crippen molar-refractivity contribution in [2.45, 2.75) is 174 Å². The first-order valence-corrected chi connectivity index (χ1v) is 20.8. The van der Waals surface area contributed by atoms with Crippen molar-refractivity contribution in [2.75, 3.05) is 33.4 Å². The molecule has 2 atom stereocenters. The van der Waals surface area contributed by atoms with Crippen LogP contribution in [0, 0.1) is 0 Å². The van der Waals surface area contributed by atoms with E-state index in [1.54, 1.807) is 7.05 Å². The molecular weight excluding hydrogens is 629 g/mol. The second-order valence-corrected chi connectivity index (χ2v) is 14.2. The van der Waals surface area contributed by atoms with E-state index >= 15 is 0 Å². The van der Waals surface area contributed by atoms with Gasteiger partial charge in [0.05, 0.1) is 13.2 Å². The molecule has 0 amide bonds. The number of unbranched alkanes of at least 4 members (excludes halogenated alkanes) is 18. The molecule has 0 aliphatic carbocycles. The molecule has 10 heteroatoms. The summed E-state index contributed by atoms with van der Waals surface area (Å²) in [5.74, 6) is -0.828. The SMILES string of the molecule is CCCC/C=C\CCCCCCCC(=O)OC(COC(=O)CCCCCCC/C=C\CCCCCCCC)COP(=O)(O)OCCNC. The molecule has 0 aliphatic heterocycles. The summed E-state index contributed by atoms with van der Waals surface area (Å²) in [6.45, 7) is 4.15. The Hall–Kier alpha value is -1.51. The lowest BCUT2D eigenvalue weighted by Gasteiger charge is -2.20. The Kier molecular flexibility index (Phi) is 34.2. The summed E-state index contributed by atoms with van der Waals surface area (Å²) in [5.41, 5.74) is 0. The van der Waals surface area contributed by atoms with Gasteiger partial charge in [-0.3, -0.25) is 18.6 Å². The molecule has 2 unspecified atom stereocenters. The smallest absolute Gasteiger partial charge is 0.462 e. The van der Waals surface area contributed by atoms with Crippen LogP contribution in [-0.4, -0.2) is 56.3 Å². The van der Waals surface area contributed by atoms with Crippen LogP contribution in [0.25, 0.3) is 0 Å². The Morgan fingerprint density at radius 3 is 1.60 bits per heavy atom. The van der Waals surface area contributed by atoms with Crippen LogP contribution in [0.2, 0.25) is 0 Å². The Morgan fingerprint density at radius 2 is 1.08 bits per heavy atom. The van der Waals surface area contributed by atoms with Gasteiger partial charge in [-0.25, -0.2) is 4.57 Å². The molecule has 0 heterocycles. The number of ether oxygens (including phenoxy) is 2. The predicted octanol–water partition coefficient (Wildman–Crippen LogP) is 10.3. The molecule has 0 rings (SSSR count). The number of esters is 2. The molecule has 2 N–H and O–H groups in total. The number of phosphoric acid groups is 1. The number of likely N-dealkylation sites (N-methyl/N-ethyl adjacent to an activating group) is 1. The first kappa shape index (κ1) is 46.5. The lowest BCUT2D eigenvalue weighted by molar-refractivity contribution is -0.161.